The van der Waals surface area contributed by atoms with Crippen LogP contribution in [0.2, 0.25) is 0 Å². The Labute approximate surface area is 113 Å². The average molecular weight is 272 g/mol. The summed E-state index contributed by atoms with van der Waals surface area (Å²) in [4.78, 5) is 17.1. The molecular weight excluding hydrogens is 260 g/mol. The zero-order chi connectivity index (χ0) is 13.1. The van der Waals surface area contributed by atoms with Crippen LogP contribution in [-0.4, -0.2) is 24.9 Å². The van der Waals surface area contributed by atoms with Gasteiger partial charge in [0.05, 0.1) is 12.7 Å². The summed E-state index contributed by atoms with van der Waals surface area (Å²) in [6, 6.07) is 10.1. The molecule has 1 aromatic carbocycles. The topological polar surface area (TPSA) is 52.2 Å². The van der Waals surface area contributed by atoms with E-state index in [9.17, 15) is 4.79 Å². The van der Waals surface area contributed by atoms with E-state index >= 15 is 0 Å². The van der Waals surface area contributed by atoms with E-state index in [1.165, 1.54) is 14.0 Å². The lowest BCUT2D eigenvalue weighted by molar-refractivity contribution is 0.640. The van der Waals surface area contributed by atoms with E-state index in [4.69, 9.17) is 0 Å². The summed E-state index contributed by atoms with van der Waals surface area (Å²) < 4.78 is 2.98. The summed E-state index contributed by atoms with van der Waals surface area (Å²) >= 11 is 1.71. The van der Waals surface area contributed by atoms with Crippen molar-refractivity contribution >= 4 is 17.4 Å². The maximum atomic E-state index is 12.0. The predicted octanol–water partition coefficient (Wildman–Crippen LogP) is 1.68. The minimum atomic E-state index is -0.119. The molecule has 0 fully saturated rings. The summed E-state index contributed by atoms with van der Waals surface area (Å²) in [6.45, 7) is 0.583. The summed E-state index contributed by atoms with van der Waals surface area (Å²) in [5.41, 5.74) is 0.461. The first kappa shape index (κ1) is 12.0. The van der Waals surface area contributed by atoms with Gasteiger partial charge >= 0.3 is 5.69 Å². The number of aromatic nitrogens is 4. The van der Waals surface area contributed by atoms with Gasteiger partial charge in [-0.3, -0.25) is 4.98 Å². The fraction of sp³-hybridized carbons (Fsp3) is 0.154. The Morgan fingerprint density at radius 1 is 1.21 bits per heavy atom. The van der Waals surface area contributed by atoms with Gasteiger partial charge in [-0.1, -0.05) is 18.2 Å². The van der Waals surface area contributed by atoms with Crippen LogP contribution in [-0.2, 0) is 6.54 Å². The standard InChI is InChI=1S/C13H12N4OS/c18-13-16-7-6-14-10-12(16)15-17(13)8-9-19-11-4-2-1-3-5-11/h1-7,10H,8-9H2. The molecule has 0 aliphatic rings. The predicted molar refractivity (Wildman–Crippen MR) is 74.4 cm³/mol. The van der Waals surface area contributed by atoms with Crippen molar-refractivity contribution in [3.8, 4) is 0 Å². The molecule has 0 N–H and O–H groups in total. The van der Waals surface area contributed by atoms with E-state index in [2.05, 4.69) is 22.2 Å². The molecule has 3 aromatic rings. The third-order valence-electron chi connectivity index (χ3n) is 2.70. The Kier molecular flexibility index (Phi) is 3.33. The minimum absolute atomic E-state index is 0.119. The maximum Gasteiger partial charge on any atom is 0.350 e. The number of rotatable bonds is 4. The largest absolute Gasteiger partial charge is 0.350 e. The van der Waals surface area contributed by atoms with Crippen molar-refractivity contribution < 1.29 is 0 Å². The van der Waals surface area contributed by atoms with Crippen LogP contribution in [0, 0.1) is 0 Å². The third-order valence-corrected chi connectivity index (χ3v) is 3.70. The van der Waals surface area contributed by atoms with E-state index in [0.29, 0.717) is 12.2 Å². The van der Waals surface area contributed by atoms with E-state index in [1.54, 1.807) is 30.4 Å². The Balaban J connectivity index is 1.72. The van der Waals surface area contributed by atoms with Gasteiger partial charge in [-0.2, -0.15) is 0 Å². The van der Waals surface area contributed by atoms with Gasteiger partial charge < -0.3 is 0 Å². The molecule has 0 saturated carbocycles. The van der Waals surface area contributed by atoms with Gasteiger partial charge in [0.25, 0.3) is 0 Å². The van der Waals surface area contributed by atoms with Crippen LogP contribution in [0.5, 0.6) is 0 Å². The summed E-state index contributed by atoms with van der Waals surface area (Å²) in [6.07, 6.45) is 4.80. The molecule has 0 amide bonds. The van der Waals surface area contributed by atoms with Gasteiger partial charge in [0.2, 0.25) is 0 Å². The SMILES string of the molecule is O=c1n(CCSc2ccccc2)nc2cnccn12. The lowest BCUT2D eigenvalue weighted by atomic mass is 10.4. The van der Waals surface area contributed by atoms with E-state index in [-0.39, 0.29) is 5.69 Å². The average Bonchev–Trinajstić information content (AvgIpc) is 2.78. The number of nitrogens with zero attached hydrogens (tertiary/aromatic N) is 4. The zero-order valence-corrected chi connectivity index (χ0v) is 11.0. The number of hydrogen-bond donors (Lipinski definition) is 0. The van der Waals surface area contributed by atoms with Crippen LogP contribution < -0.4 is 5.69 Å². The van der Waals surface area contributed by atoms with Gasteiger partial charge in [0, 0.05) is 23.0 Å². The Morgan fingerprint density at radius 2 is 2.05 bits per heavy atom. The van der Waals surface area contributed by atoms with Gasteiger partial charge in [0.1, 0.15) is 0 Å². The molecule has 5 nitrogen and oxygen atoms in total. The van der Waals surface area contributed by atoms with Crippen LogP contribution in [0.25, 0.3) is 5.65 Å². The molecule has 19 heavy (non-hydrogen) atoms. The molecule has 0 saturated heterocycles. The Hall–Kier alpha value is -2.08. The van der Waals surface area contributed by atoms with E-state index in [1.807, 2.05) is 18.2 Å². The number of aryl methyl sites for hydroxylation is 1. The summed E-state index contributed by atoms with van der Waals surface area (Å²) in [5, 5.41) is 4.23. The zero-order valence-electron chi connectivity index (χ0n) is 10.1. The summed E-state index contributed by atoms with van der Waals surface area (Å²) in [5.74, 6) is 0.807. The Morgan fingerprint density at radius 3 is 2.84 bits per heavy atom. The van der Waals surface area contributed by atoms with Crippen molar-refractivity contribution in [3.05, 3.63) is 59.4 Å². The highest BCUT2D eigenvalue weighted by Crippen LogP contribution is 2.16. The second-order valence-corrected chi connectivity index (χ2v) is 5.14. The molecule has 96 valence electrons. The lowest BCUT2D eigenvalue weighted by Crippen LogP contribution is -2.22. The number of benzene rings is 1. The van der Waals surface area contributed by atoms with Crippen molar-refractivity contribution in [2.45, 2.75) is 11.4 Å². The normalized spacial score (nSPS) is 10.9. The first-order valence-corrected chi connectivity index (χ1v) is 6.90. The fourth-order valence-electron chi connectivity index (χ4n) is 1.79. The highest BCUT2D eigenvalue weighted by Gasteiger charge is 2.05. The highest BCUT2D eigenvalue weighted by molar-refractivity contribution is 7.99. The molecule has 2 aromatic heterocycles. The molecule has 0 radical (unpaired) electrons. The molecule has 3 rings (SSSR count). The highest BCUT2D eigenvalue weighted by atomic mass is 32.2. The Bertz CT molecular complexity index is 735. The van der Waals surface area contributed by atoms with E-state index < -0.39 is 0 Å². The van der Waals surface area contributed by atoms with Crippen molar-refractivity contribution in [3.63, 3.8) is 0 Å². The first-order valence-electron chi connectivity index (χ1n) is 5.91. The monoisotopic (exact) mass is 272 g/mol. The van der Waals surface area contributed by atoms with Crippen LogP contribution in [0.4, 0.5) is 0 Å². The van der Waals surface area contributed by atoms with Gasteiger partial charge in [-0.15, -0.1) is 16.9 Å². The van der Waals surface area contributed by atoms with Crippen molar-refractivity contribution in [1.29, 1.82) is 0 Å². The molecule has 0 unspecified atom stereocenters. The van der Waals surface area contributed by atoms with Crippen molar-refractivity contribution in [2.24, 2.45) is 0 Å². The molecular formula is C13H12N4OS. The van der Waals surface area contributed by atoms with Gasteiger partial charge in [-0.05, 0) is 12.1 Å². The first-order chi connectivity index (χ1) is 9.34. The number of thioether (sulfide) groups is 1. The molecule has 0 aliphatic heterocycles. The second kappa shape index (κ2) is 5.27. The number of fused-ring (bicyclic) bond motifs is 1. The van der Waals surface area contributed by atoms with Crippen molar-refractivity contribution in [1.82, 2.24) is 19.2 Å². The summed E-state index contributed by atoms with van der Waals surface area (Å²) in [7, 11) is 0. The molecule has 0 atom stereocenters. The van der Waals surface area contributed by atoms with Crippen LogP contribution in [0.15, 0.2) is 58.6 Å². The number of hydrogen-bond acceptors (Lipinski definition) is 4. The minimum Gasteiger partial charge on any atom is -0.259 e. The van der Waals surface area contributed by atoms with E-state index in [0.717, 1.165) is 5.75 Å². The van der Waals surface area contributed by atoms with Gasteiger partial charge in [0.15, 0.2) is 5.65 Å². The molecule has 2 heterocycles. The second-order valence-electron chi connectivity index (χ2n) is 3.97. The van der Waals surface area contributed by atoms with Crippen molar-refractivity contribution in [2.75, 3.05) is 5.75 Å². The quantitative estimate of drug-likeness (QED) is 0.678. The smallest absolute Gasteiger partial charge is 0.259 e. The fourth-order valence-corrected chi connectivity index (χ4v) is 2.64. The lowest BCUT2D eigenvalue weighted by Gasteiger charge is -2.00. The van der Waals surface area contributed by atoms with Crippen LogP contribution >= 0.6 is 11.8 Å². The molecule has 6 heteroatoms. The molecule has 0 aliphatic carbocycles. The maximum absolute atomic E-state index is 12.0. The molecule has 0 bridgehead atoms. The van der Waals surface area contributed by atoms with Crippen LogP contribution in [0.1, 0.15) is 0 Å². The third kappa shape index (κ3) is 2.53. The van der Waals surface area contributed by atoms with Gasteiger partial charge in [-0.25, -0.2) is 13.9 Å². The molecule has 0 spiro atoms. The van der Waals surface area contributed by atoms with Crippen LogP contribution in [0.3, 0.4) is 0 Å².